The highest BCUT2D eigenvalue weighted by molar-refractivity contribution is 7.98. The molecule has 0 radical (unpaired) electrons. The summed E-state index contributed by atoms with van der Waals surface area (Å²) in [7, 11) is 0. The quantitative estimate of drug-likeness (QED) is 0.0634. The van der Waals surface area contributed by atoms with Crippen LogP contribution in [0.4, 0.5) is 0 Å². The van der Waals surface area contributed by atoms with Crippen LogP contribution in [0.1, 0.15) is 40.0 Å². The summed E-state index contributed by atoms with van der Waals surface area (Å²) in [6.45, 7) is 4.83. The van der Waals surface area contributed by atoms with Crippen molar-refractivity contribution in [3.05, 3.63) is 0 Å². The minimum atomic E-state index is -1.35. The van der Waals surface area contributed by atoms with Gasteiger partial charge in [0.25, 0.3) is 0 Å². The van der Waals surface area contributed by atoms with Crippen LogP contribution in [0, 0.1) is 5.92 Å². The number of nitrogens with two attached hydrogens (primary N) is 3. The van der Waals surface area contributed by atoms with Crippen LogP contribution in [0.5, 0.6) is 0 Å². The molecule has 14 heteroatoms. The molecule has 0 saturated carbocycles. The van der Waals surface area contributed by atoms with Gasteiger partial charge in [-0.3, -0.25) is 19.4 Å². The summed E-state index contributed by atoms with van der Waals surface area (Å²) in [5, 5.41) is 26.8. The topological polar surface area (TPSA) is 235 Å². The second-order valence-electron chi connectivity index (χ2n) is 8.19. The number of nitrogens with one attached hydrogen (secondary N) is 3. The molecule has 0 aromatic heterocycles. The van der Waals surface area contributed by atoms with E-state index in [1.807, 2.05) is 6.26 Å². The van der Waals surface area contributed by atoms with Crippen LogP contribution < -0.4 is 33.2 Å². The lowest BCUT2D eigenvalue weighted by atomic mass is 10.0. The number of aliphatic carboxylic acids is 1. The molecular formula is C20H39N7O6S. The molecule has 0 fully saturated rings. The highest BCUT2D eigenvalue weighted by atomic mass is 32.2. The molecule has 3 amide bonds. The largest absolute Gasteiger partial charge is 0.480 e. The van der Waals surface area contributed by atoms with E-state index in [0.29, 0.717) is 18.6 Å². The second-order valence-corrected chi connectivity index (χ2v) is 9.18. The number of carboxylic acid groups (broad SMARTS) is 1. The number of carboxylic acids is 1. The first-order valence-electron chi connectivity index (χ1n) is 10.9. The first kappa shape index (κ1) is 31.4. The number of hydrogen-bond donors (Lipinski definition) is 8. The Balaban J connectivity index is 5.26. The molecule has 0 aromatic carbocycles. The lowest BCUT2D eigenvalue weighted by Gasteiger charge is -2.28. The van der Waals surface area contributed by atoms with Crippen molar-refractivity contribution in [2.75, 3.05) is 18.6 Å². The Labute approximate surface area is 204 Å². The Morgan fingerprint density at radius 2 is 1.50 bits per heavy atom. The van der Waals surface area contributed by atoms with E-state index in [-0.39, 0.29) is 18.9 Å². The summed E-state index contributed by atoms with van der Waals surface area (Å²) in [5.74, 6) is -3.27. The summed E-state index contributed by atoms with van der Waals surface area (Å²) in [4.78, 5) is 53.2. The minimum Gasteiger partial charge on any atom is -0.480 e. The smallest absolute Gasteiger partial charge is 0.326 e. The van der Waals surface area contributed by atoms with E-state index < -0.39 is 59.9 Å². The van der Waals surface area contributed by atoms with Crippen molar-refractivity contribution >= 4 is 41.4 Å². The molecule has 5 atom stereocenters. The molecule has 34 heavy (non-hydrogen) atoms. The lowest BCUT2D eigenvalue weighted by Crippen LogP contribution is -2.60. The van der Waals surface area contributed by atoms with E-state index >= 15 is 0 Å². The Morgan fingerprint density at radius 3 is 1.97 bits per heavy atom. The predicted octanol–water partition coefficient (Wildman–Crippen LogP) is -2.30. The van der Waals surface area contributed by atoms with Crippen molar-refractivity contribution in [2.45, 2.75) is 70.3 Å². The van der Waals surface area contributed by atoms with Gasteiger partial charge in [-0.2, -0.15) is 11.8 Å². The maximum Gasteiger partial charge on any atom is 0.326 e. The minimum absolute atomic E-state index is 0.0664. The maximum absolute atomic E-state index is 12.8. The number of aliphatic imine (C=N–C) groups is 1. The lowest BCUT2D eigenvalue weighted by molar-refractivity contribution is -0.143. The van der Waals surface area contributed by atoms with Crippen LogP contribution in [0.2, 0.25) is 0 Å². The van der Waals surface area contributed by atoms with Crippen LogP contribution in [0.15, 0.2) is 4.99 Å². The molecule has 196 valence electrons. The van der Waals surface area contributed by atoms with Crippen molar-refractivity contribution in [3.8, 4) is 0 Å². The normalized spacial score (nSPS) is 15.4. The Morgan fingerprint density at radius 1 is 0.941 bits per heavy atom. The molecule has 0 rings (SSSR count). The number of nitrogens with zero attached hydrogens (tertiary/aromatic N) is 1. The number of aliphatic hydroxyl groups is 1. The number of aliphatic hydroxyl groups excluding tert-OH is 1. The van der Waals surface area contributed by atoms with Gasteiger partial charge in [-0.05, 0) is 44.1 Å². The van der Waals surface area contributed by atoms with Gasteiger partial charge in [0.15, 0.2) is 5.96 Å². The highest BCUT2D eigenvalue weighted by Gasteiger charge is 2.33. The fourth-order valence-corrected chi connectivity index (χ4v) is 3.33. The summed E-state index contributed by atoms with van der Waals surface area (Å²) < 4.78 is 0. The van der Waals surface area contributed by atoms with Crippen molar-refractivity contribution < 1.29 is 29.4 Å². The van der Waals surface area contributed by atoms with Crippen LogP contribution in [-0.2, 0) is 19.2 Å². The number of thioether (sulfide) groups is 1. The summed E-state index contributed by atoms with van der Waals surface area (Å²) in [6.07, 6.45) is 1.36. The third-order valence-electron chi connectivity index (χ3n) is 4.84. The van der Waals surface area contributed by atoms with E-state index in [4.69, 9.17) is 17.2 Å². The zero-order valence-electron chi connectivity index (χ0n) is 20.1. The Kier molecular flexibility index (Phi) is 14.9. The standard InChI is InChI=1S/C20H39N7O6S/c1-10(2)14(17(30)25-13(19(32)33)6-5-8-24-20(22)23)26-18(31)15(11(3)28)27-16(29)12(21)7-9-34-4/h10-15,28H,5-9,21H2,1-4H3,(H,25,30)(H,26,31)(H,27,29)(H,32,33)(H4,22,23,24). The number of guanidine groups is 1. The third kappa shape index (κ3) is 12.0. The van der Waals surface area contributed by atoms with E-state index in [9.17, 15) is 29.4 Å². The molecule has 0 bridgehead atoms. The number of carbonyl (C=O) groups is 4. The Hall–Kier alpha value is -2.58. The van der Waals surface area contributed by atoms with Gasteiger partial charge in [0.1, 0.15) is 18.1 Å². The summed E-state index contributed by atoms with van der Waals surface area (Å²) in [5.41, 5.74) is 16.3. The predicted molar refractivity (Wildman–Crippen MR) is 131 cm³/mol. The van der Waals surface area contributed by atoms with Crippen molar-refractivity contribution in [2.24, 2.45) is 28.1 Å². The first-order valence-corrected chi connectivity index (χ1v) is 12.3. The summed E-state index contributed by atoms with van der Waals surface area (Å²) >= 11 is 1.52. The van der Waals surface area contributed by atoms with Crippen LogP contribution in [0.25, 0.3) is 0 Å². The average molecular weight is 506 g/mol. The van der Waals surface area contributed by atoms with E-state index in [2.05, 4.69) is 20.9 Å². The van der Waals surface area contributed by atoms with Crippen molar-refractivity contribution in [3.63, 3.8) is 0 Å². The van der Waals surface area contributed by atoms with Gasteiger partial charge in [-0.1, -0.05) is 13.8 Å². The number of carbonyl (C=O) groups excluding carboxylic acids is 3. The van der Waals surface area contributed by atoms with E-state index in [1.165, 1.54) is 18.7 Å². The van der Waals surface area contributed by atoms with Gasteiger partial charge < -0.3 is 43.4 Å². The SMILES string of the molecule is CSCCC(N)C(=O)NC(C(=O)NC(C(=O)NC(CCCN=C(N)N)C(=O)O)C(C)C)C(C)O. The molecule has 0 spiro atoms. The zero-order chi connectivity index (χ0) is 26.4. The molecule has 0 saturated heterocycles. The molecule has 0 heterocycles. The van der Waals surface area contributed by atoms with Crippen molar-refractivity contribution in [1.82, 2.24) is 16.0 Å². The molecule has 5 unspecified atom stereocenters. The van der Waals surface area contributed by atoms with Gasteiger partial charge in [-0.25, -0.2) is 4.79 Å². The molecule has 0 aliphatic rings. The van der Waals surface area contributed by atoms with Gasteiger partial charge in [0.05, 0.1) is 12.1 Å². The molecule has 0 aromatic rings. The third-order valence-corrected chi connectivity index (χ3v) is 5.48. The second kappa shape index (κ2) is 16.1. The van der Waals surface area contributed by atoms with Crippen LogP contribution in [-0.4, -0.2) is 88.7 Å². The first-order chi connectivity index (χ1) is 15.8. The van der Waals surface area contributed by atoms with Crippen LogP contribution in [0.3, 0.4) is 0 Å². The van der Waals surface area contributed by atoms with Gasteiger partial charge in [0, 0.05) is 6.54 Å². The number of rotatable bonds is 16. The monoisotopic (exact) mass is 505 g/mol. The van der Waals surface area contributed by atoms with Crippen molar-refractivity contribution in [1.29, 1.82) is 0 Å². The molecule has 0 aliphatic heterocycles. The zero-order valence-corrected chi connectivity index (χ0v) is 20.9. The highest BCUT2D eigenvalue weighted by Crippen LogP contribution is 2.07. The van der Waals surface area contributed by atoms with Crippen LogP contribution >= 0.6 is 11.8 Å². The molecular weight excluding hydrogens is 466 g/mol. The van der Waals surface area contributed by atoms with E-state index in [0.717, 1.165) is 0 Å². The fourth-order valence-electron chi connectivity index (χ4n) is 2.84. The molecule has 11 N–H and O–H groups in total. The maximum atomic E-state index is 12.8. The molecule has 0 aliphatic carbocycles. The molecule has 13 nitrogen and oxygen atoms in total. The van der Waals surface area contributed by atoms with E-state index in [1.54, 1.807) is 13.8 Å². The van der Waals surface area contributed by atoms with Gasteiger partial charge >= 0.3 is 5.97 Å². The summed E-state index contributed by atoms with van der Waals surface area (Å²) in [6, 6.07) is -4.55. The Bertz CT molecular complexity index is 716. The fraction of sp³-hybridized carbons (Fsp3) is 0.750. The average Bonchev–Trinajstić information content (AvgIpc) is 2.74. The number of amides is 3. The number of hydrogen-bond acceptors (Lipinski definition) is 8. The van der Waals surface area contributed by atoms with Gasteiger partial charge in [-0.15, -0.1) is 0 Å². The van der Waals surface area contributed by atoms with Gasteiger partial charge in [0.2, 0.25) is 17.7 Å².